The number of amides is 2. The highest BCUT2D eigenvalue weighted by atomic mass is 16.2. The van der Waals surface area contributed by atoms with Gasteiger partial charge in [-0.1, -0.05) is 79.9 Å². The van der Waals surface area contributed by atoms with E-state index in [1.807, 2.05) is 30.3 Å². The molecule has 1 N–H and O–H groups in total. The van der Waals surface area contributed by atoms with Crippen LogP contribution >= 0.6 is 0 Å². The van der Waals surface area contributed by atoms with Crippen LogP contribution in [0.15, 0.2) is 48.5 Å². The van der Waals surface area contributed by atoms with Crippen LogP contribution in [-0.2, 0) is 21.5 Å². The number of nitrogens with one attached hydrogen (secondary N) is 1. The monoisotopic (exact) mass is 473 g/mol. The van der Waals surface area contributed by atoms with Crippen molar-refractivity contribution >= 4 is 11.8 Å². The molecule has 5 heteroatoms. The molecule has 2 atom stereocenters. The van der Waals surface area contributed by atoms with Crippen molar-refractivity contribution < 1.29 is 9.59 Å². The molecule has 2 amide bonds. The van der Waals surface area contributed by atoms with Gasteiger partial charge in [-0.15, -0.1) is 0 Å². The molecular weight excluding hydrogens is 434 g/mol. The Morgan fingerprint density at radius 1 is 1.11 bits per heavy atom. The topological polar surface area (TPSA) is 73.2 Å². The van der Waals surface area contributed by atoms with Gasteiger partial charge in [-0.05, 0) is 56.6 Å². The minimum absolute atomic E-state index is 0.0425. The van der Waals surface area contributed by atoms with E-state index in [9.17, 15) is 14.9 Å². The van der Waals surface area contributed by atoms with Crippen LogP contribution in [-0.4, -0.2) is 29.3 Å². The quantitative estimate of drug-likeness (QED) is 0.457. The van der Waals surface area contributed by atoms with E-state index < -0.39 is 5.41 Å². The first-order valence-corrected chi connectivity index (χ1v) is 12.9. The van der Waals surface area contributed by atoms with Gasteiger partial charge in [0, 0.05) is 19.5 Å². The lowest BCUT2D eigenvalue weighted by Crippen LogP contribution is -2.45. The number of carbonyl (C=O) groups excluding carboxylic acids is 2. The Hall–Kier alpha value is -3.13. The van der Waals surface area contributed by atoms with Crippen LogP contribution in [0.3, 0.4) is 0 Å². The average Bonchev–Trinajstić information content (AvgIpc) is 3.33. The summed E-state index contributed by atoms with van der Waals surface area (Å²) >= 11 is 0. The number of carbonyl (C=O) groups is 2. The van der Waals surface area contributed by atoms with Crippen molar-refractivity contribution in [2.45, 2.75) is 84.2 Å². The van der Waals surface area contributed by atoms with Crippen molar-refractivity contribution in [1.82, 2.24) is 10.2 Å². The molecule has 0 aliphatic carbocycles. The molecule has 1 saturated heterocycles. The minimum Gasteiger partial charge on any atom is -0.350 e. The molecule has 0 radical (unpaired) electrons. The van der Waals surface area contributed by atoms with Crippen LogP contribution < -0.4 is 5.32 Å². The van der Waals surface area contributed by atoms with Gasteiger partial charge in [0.1, 0.15) is 6.04 Å². The molecule has 1 unspecified atom stereocenters. The number of aryl methyl sites for hydroxylation is 2. The van der Waals surface area contributed by atoms with Gasteiger partial charge in [0.25, 0.3) is 0 Å². The maximum absolute atomic E-state index is 13.0. The van der Waals surface area contributed by atoms with E-state index in [0.29, 0.717) is 25.9 Å². The molecule has 2 aromatic carbocycles. The average molecular weight is 474 g/mol. The fraction of sp³-hybridized carbons (Fsp3) is 0.500. The molecule has 0 spiro atoms. The van der Waals surface area contributed by atoms with Crippen molar-refractivity contribution in [3.05, 3.63) is 70.8 Å². The summed E-state index contributed by atoms with van der Waals surface area (Å²) in [5.41, 5.74) is 3.93. The zero-order chi connectivity index (χ0) is 25.4. The minimum atomic E-state index is -0.547. The third-order valence-electron chi connectivity index (χ3n) is 7.31. The third kappa shape index (κ3) is 6.51. The standard InChI is InChI=1S/C30H39N3O2/c1-22(2)30(21-31,26-11-6-5-7-12-26)15-9-8-14-28(34)33-16-10-13-27(33)29(35)32-20-25-18-23(3)17-24(4)19-25/h5-7,11-12,17-19,22,27H,8-10,13-16,20H2,1-4H3,(H,32,35)/t27-,30?/m1/s1. The van der Waals surface area contributed by atoms with Crippen LogP contribution in [0, 0.1) is 31.1 Å². The van der Waals surface area contributed by atoms with Crippen LogP contribution in [0.5, 0.6) is 0 Å². The Morgan fingerprint density at radius 3 is 2.43 bits per heavy atom. The van der Waals surface area contributed by atoms with Gasteiger partial charge in [0.05, 0.1) is 11.5 Å². The zero-order valence-electron chi connectivity index (χ0n) is 21.6. The molecule has 1 aliphatic heterocycles. The fourth-order valence-corrected chi connectivity index (χ4v) is 5.39. The smallest absolute Gasteiger partial charge is 0.243 e. The van der Waals surface area contributed by atoms with Gasteiger partial charge < -0.3 is 10.2 Å². The van der Waals surface area contributed by atoms with Gasteiger partial charge in [-0.2, -0.15) is 5.26 Å². The lowest BCUT2D eigenvalue weighted by molar-refractivity contribution is -0.138. The highest BCUT2D eigenvalue weighted by Crippen LogP contribution is 2.37. The second-order valence-corrected chi connectivity index (χ2v) is 10.3. The van der Waals surface area contributed by atoms with Crippen LogP contribution in [0.25, 0.3) is 0 Å². The summed E-state index contributed by atoms with van der Waals surface area (Å²) in [7, 11) is 0. The molecule has 3 rings (SSSR count). The number of benzene rings is 2. The Labute approximate surface area is 210 Å². The van der Waals surface area contributed by atoms with Gasteiger partial charge in [-0.3, -0.25) is 9.59 Å². The lowest BCUT2D eigenvalue weighted by atomic mass is 9.69. The SMILES string of the molecule is Cc1cc(C)cc(CNC(=O)[C@H]2CCCN2C(=O)CCCCC(C#N)(c2ccccc2)C(C)C)c1. The van der Waals surface area contributed by atoms with Gasteiger partial charge in [-0.25, -0.2) is 0 Å². The van der Waals surface area contributed by atoms with Crippen LogP contribution in [0.2, 0.25) is 0 Å². The Kier molecular flexibility index (Phi) is 9.09. The Bertz CT molecular complexity index is 1040. The van der Waals surface area contributed by atoms with Gasteiger partial charge in [0.2, 0.25) is 11.8 Å². The number of unbranched alkanes of at least 4 members (excludes halogenated alkanes) is 1. The van der Waals surface area contributed by atoms with E-state index >= 15 is 0 Å². The first-order chi connectivity index (χ1) is 16.8. The molecule has 0 bridgehead atoms. The molecule has 1 heterocycles. The summed E-state index contributed by atoms with van der Waals surface area (Å²) in [4.78, 5) is 27.7. The number of likely N-dealkylation sites (tertiary alicyclic amines) is 1. The summed E-state index contributed by atoms with van der Waals surface area (Å²) in [6.07, 6.45) is 4.21. The van der Waals surface area contributed by atoms with Crippen LogP contribution in [0.4, 0.5) is 0 Å². The second kappa shape index (κ2) is 12.0. The molecule has 2 aromatic rings. The predicted octanol–water partition coefficient (Wildman–Crippen LogP) is 5.59. The van der Waals surface area contributed by atoms with E-state index in [-0.39, 0.29) is 23.8 Å². The number of nitriles is 1. The normalized spacial score (nSPS) is 17.1. The maximum Gasteiger partial charge on any atom is 0.243 e. The summed E-state index contributed by atoms with van der Waals surface area (Å²) in [6.45, 7) is 9.40. The van der Waals surface area contributed by atoms with E-state index in [4.69, 9.17) is 0 Å². The highest BCUT2D eigenvalue weighted by Gasteiger charge is 2.36. The molecule has 35 heavy (non-hydrogen) atoms. The zero-order valence-corrected chi connectivity index (χ0v) is 21.6. The van der Waals surface area contributed by atoms with E-state index in [2.05, 4.69) is 57.3 Å². The Balaban J connectivity index is 1.52. The predicted molar refractivity (Wildman–Crippen MR) is 140 cm³/mol. The van der Waals surface area contributed by atoms with Crippen molar-refractivity contribution in [2.24, 2.45) is 5.92 Å². The van der Waals surface area contributed by atoms with E-state index in [1.54, 1.807) is 4.90 Å². The number of hydrogen-bond acceptors (Lipinski definition) is 3. The van der Waals surface area contributed by atoms with Gasteiger partial charge in [0.15, 0.2) is 0 Å². The van der Waals surface area contributed by atoms with Crippen molar-refractivity contribution in [1.29, 1.82) is 5.26 Å². The summed E-state index contributed by atoms with van der Waals surface area (Å²) < 4.78 is 0. The molecule has 0 saturated carbocycles. The molecule has 5 nitrogen and oxygen atoms in total. The number of hydrogen-bond donors (Lipinski definition) is 1. The first kappa shape index (κ1) is 26.5. The number of nitrogens with zero attached hydrogens (tertiary/aromatic N) is 2. The summed E-state index contributed by atoms with van der Waals surface area (Å²) in [5.74, 6) is 0.151. The van der Waals surface area contributed by atoms with Crippen molar-refractivity contribution in [3.63, 3.8) is 0 Å². The maximum atomic E-state index is 13.0. The third-order valence-corrected chi connectivity index (χ3v) is 7.31. The summed E-state index contributed by atoms with van der Waals surface area (Å²) in [5, 5.41) is 13.1. The molecule has 0 aromatic heterocycles. The largest absolute Gasteiger partial charge is 0.350 e. The number of rotatable bonds is 10. The highest BCUT2D eigenvalue weighted by molar-refractivity contribution is 5.88. The molecule has 1 fully saturated rings. The first-order valence-electron chi connectivity index (χ1n) is 12.9. The van der Waals surface area contributed by atoms with Crippen LogP contribution in [0.1, 0.15) is 74.6 Å². The van der Waals surface area contributed by atoms with E-state index in [1.165, 1.54) is 11.1 Å². The second-order valence-electron chi connectivity index (χ2n) is 10.3. The Morgan fingerprint density at radius 2 is 1.80 bits per heavy atom. The molecule has 186 valence electrons. The van der Waals surface area contributed by atoms with Crippen molar-refractivity contribution in [3.8, 4) is 6.07 Å². The van der Waals surface area contributed by atoms with Gasteiger partial charge >= 0.3 is 0 Å². The molecular formula is C30H39N3O2. The summed E-state index contributed by atoms with van der Waals surface area (Å²) in [6, 6.07) is 18.5. The molecule has 1 aliphatic rings. The lowest BCUT2D eigenvalue weighted by Gasteiger charge is -2.31. The fourth-order valence-electron chi connectivity index (χ4n) is 5.39. The van der Waals surface area contributed by atoms with Crippen molar-refractivity contribution in [2.75, 3.05) is 6.54 Å². The van der Waals surface area contributed by atoms with E-state index in [0.717, 1.165) is 36.8 Å².